The number of rotatable bonds is 5. The first-order chi connectivity index (χ1) is 9.69. The third kappa shape index (κ3) is 2.72. The van der Waals surface area contributed by atoms with Crippen molar-refractivity contribution in [2.45, 2.75) is 13.8 Å². The van der Waals surface area contributed by atoms with Crippen LogP contribution in [-0.2, 0) is 4.74 Å². The molecule has 0 saturated heterocycles. The largest absolute Gasteiger partial charge is 0.462 e. The lowest BCUT2D eigenvalue weighted by Gasteiger charge is -2.11. The standard InChI is InChI=1S/C15H18N2O3/c1-3-20-15(19)12-9-17-13-10(2)5-4-6-11(13)14(12)16-7-8-18/h4-6,9,18H,3,7-8H2,1-2H3,(H,16,17)/p+1. The van der Waals surface area contributed by atoms with Gasteiger partial charge in [-0.1, -0.05) is 12.1 Å². The highest BCUT2D eigenvalue weighted by molar-refractivity contribution is 6.04. The van der Waals surface area contributed by atoms with Crippen molar-refractivity contribution < 1.29 is 19.6 Å². The van der Waals surface area contributed by atoms with Gasteiger partial charge in [0.1, 0.15) is 5.56 Å². The normalized spacial score (nSPS) is 10.6. The van der Waals surface area contributed by atoms with Crippen molar-refractivity contribution in [3.63, 3.8) is 0 Å². The number of para-hydroxylation sites is 1. The number of carbonyl (C=O) groups is 1. The number of hydrogen-bond donors (Lipinski definition) is 2. The molecule has 1 heterocycles. The van der Waals surface area contributed by atoms with E-state index in [1.807, 2.05) is 25.1 Å². The summed E-state index contributed by atoms with van der Waals surface area (Å²) >= 11 is 0. The molecular weight excluding hydrogens is 256 g/mol. The Morgan fingerprint density at radius 2 is 2.25 bits per heavy atom. The van der Waals surface area contributed by atoms with Crippen molar-refractivity contribution in [3.8, 4) is 0 Å². The van der Waals surface area contributed by atoms with Crippen LogP contribution >= 0.6 is 0 Å². The van der Waals surface area contributed by atoms with Gasteiger partial charge >= 0.3 is 5.97 Å². The molecule has 0 spiro atoms. The molecule has 0 saturated carbocycles. The number of ether oxygens (including phenoxy) is 1. The molecule has 0 aliphatic rings. The summed E-state index contributed by atoms with van der Waals surface area (Å²) in [5.74, 6) is -0.382. The average molecular weight is 275 g/mol. The van der Waals surface area contributed by atoms with Gasteiger partial charge in [-0.15, -0.1) is 0 Å². The van der Waals surface area contributed by atoms with Crippen molar-refractivity contribution in [2.75, 3.05) is 25.1 Å². The van der Waals surface area contributed by atoms with Gasteiger partial charge in [0, 0.05) is 12.1 Å². The van der Waals surface area contributed by atoms with Gasteiger partial charge in [-0.2, -0.15) is 0 Å². The van der Waals surface area contributed by atoms with Crippen molar-refractivity contribution in [1.29, 1.82) is 0 Å². The van der Waals surface area contributed by atoms with E-state index in [4.69, 9.17) is 9.84 Å². The predicted octanol–water partition coefficient (Wildman–Crippen LogP) is 1.54. The topological polar surface area (TPSA) is 72.7 Å². The van der Waals surface area contributed by atoms with E-state index in [0.29, 0.717) is 24.4 Å². The van der Waals surface area contributed by atoms with Gasteiger partial charge in [0.25, 0.3) is 0 Å². The lowest BCUT2D eigenvalue weighted by molar-refractivity contribution is -0.345. The Labute approximate surface area is 117 Å². The Bertz CT molecular complexity index is 626. The molecule has 0 radical (unpaired) electrons. The van der Waals surface area contributed by atoms with E-state index in [1.54, 1.807) is 13.1 Å². The van der Waals surface area contributed by atoms with E-state index in [-0.39, 0.29) is 12.6 Å². The van der Waals surface area contributed by atoms with Gasteiger partial charge in [-0.3, -0.25) is 0 Å². The van der Waals surface area contributed by atoms with Crippen LogP contribution in [0.15, 0.2) is 24.4 Å². The smallest absolute Gasteiger partial charge is 0.346 e. The number of fused-ring (bicyclic) bond motifs is 1. The SMILES string of the molecule is CCOC(=O)c1c[nH+]c2c(C)cccc2c1NCCO. The molecule has 20 heavy (non-hydrogen) atoms. The second-order valence-corrected chi connectivity index (χ2v) is 4.45. The van der Waals surface area contributed by atoms with Gasteiger partial charge in [-0.25, -0.2) is 9.78 Å². The first-order valence-electron chi connectivity index (χ1n) is 6.65. The molecule has 1 aromatic carbocycles. The van der Waals surface area contributed by atoms with Crippen LogP contribution in [0.25, 0.3) is 10.9 Å². The molecule has 0 fully saturated rings. The maximum absolute atomic E-state index is 12.0. The summed E-state index contributed by atoms with van der Waals surface area (Å²) < 4.78 is 5.07. The van der Waals surface area contributed by atoms with Crippen LogP contribution in [0.4, 0.5) is 5.69 Å². The number of nitrogens with one attached hydrogen (secondary N) is 2. The Hall–Kier alpha value is -2.14. The molecule has 106 valence electrons. The van der Waals surface area contributed by atoms with E-state index < -0.39 is 0 Å². The molecule has 0 atom stereocenters. The van der Waals surface area contributed by atoms with Gasteiger partial charge in [0.15, 0.2) is 6.20 Å². The number of pyridine rings is 1. The first kappa shape index (κ1) is 14.3. The lowest BCUT2D eigenvalue weighted by Crippen LogP contribution is -2.18. The number of H-pyrrole nitrogens is 1. The fraction of sp³-hybridized carbons (Fsp3) is 0.333. The fourth-order valence-electron chi connectivity index (χ4n) is 2.17. The van der Waals surface area contributed by atoms with Crippen molar-refractivity contribution >= 4 is 22.6 Å². The van der Waals surface area contributed by atoms with Crippen molar-refractivity contribution in [2.24, 2.45) is 0 Å². The number of aryl methyl sites for hydroxylation is 1. The summed E-state index contributed by atoms with van der Waals surface area (Å²) in [6.45, 7) is 4.46. The summed E-state index contributed by atoms with van der Waals surface area (Å²) in [4.78, 5) is 15.2. The summed E-state index contributed by atoms with van der Waals surface area (Å²) in [6, 6.07) is 5.87. The second-order valence-electron chi connectivity index (χ2n) is 4.45. The third-order valence-corrected chi connectivity index (χ3v) is 3.08. The minimum atomic E-state index is -0.382. The number of aromatic nitrogens is 1. The molecular formula is C15H19N2O3+. The average Bonchev–Trinajstić information content (AvgIpc) is 2.45. The van der Waals surface area contributed by atoms with Crippen LogP contribution in [-0.4, -0.2) is 30.8 Å². The monoisotopic (exact) mass is 275 g/mol. The van der Waals surface area contributed by atoms with Crippen LogP contribution in [0.1, 0.15) is 22.8 Å². The second kappa shape index (κ2) is 6.34. The van der Waals surface area contributed by atoms with E-state index >= 15 is 0 Å². The first-order valence-corrected chi connectivity index (χ1v) is 6.65. The summed E-state index contributed by atoms with van der Waals surface area (Å²) in [6.07, 6.45) is 1.65. The quantitative estimate of drug-likeness (QED) is 0.812. The lowest BCUT2D eigenvalue weighted by atomic mass is 10.1. The molecule has 5 nitrogen and oxygen atoms in total. The molecule has 0 bridgehead atoms. The predicted molar refractivity (Wildman–Crippen MR) is 76.8 cm³/mol. The maximum Gasteiger partial charge on any atom is 0.346 e. The zero-order valence-corrected chi connectivity index (χ0v) is 11.7. The molecule has 0 aliphatic carbocycles. The molecule has 5 heteroatoms. The highest BCUT2D eigenvalue weighted by atomic mass is 16.5. The minimum absolute atomic E-state index is 0.00577. The Kier molecular flexibility index (Phi) is 4.53. The van der Waals surface area contributed by atoms with Gasteiger partial charge in [0.05, 0.1) is 24.3 Å². The zero-order chi connectivity index (χ0) is 14.5. The number of anilines is 1. The number of esters is 1. The number of hydrogen-bond acceptors (Lipinski definition) is 4. The van der Waals surface area contributed by atoms with Crippen molar-refractivity contribution in [1.82, 2.24) is 0 Å². The van der Waals surface area contributed by atoms with Gasteiger partial charge in [-0.05, 0) is 19.9 Å². The molecule has 0 aliphatic heterocycles. The van der Waals surface area contributed by atoms with E-state index in [0.717, 1.165) is 16.5 Å². The zero-order valence-electron chi connectivity index (χ0n) is 11.7. The van der Waals surface area contributed by atoms with Crippen LogP contribution < -0.4 is 10.3 Å². The summed E-state index contributed by atoms with van der Waals surface area (Å²) in [7, 11) is 0. The third-order valence-electron chi connectivity index (χ3n) is 3.08. The van der Waals surface area contributed by atoms with Crippen LogP contribution in [0.5, 0.6) is 0 Å². The molecule has 0 unspecified atom stereocenters. The molecule has 1 aromatic heterocycles. The summed E-state index contributed by atoms with van der Waals surface area (Å²) in [5.41, 5.74) is 3.18. The summed E-state index contributed by atoms with van der Waals surface area (Å²) in [5, 5.41) is 13.0. The number of aromatic amines is 1. The van der Waals surface area contributed by atoms with E-state index in [1.165, 1.54) is 0 Å². The highest BCUT2D eigenvalue weighted by Gasteiger charge is 2.20. The molecule has 3 N–H and O–H groups in total. The molecule has 0 amide bonds. The maximum atomic E-state index is 12.0. The van der Waals surface area contributed by atoms with Gasteiger partial charge in [0.2, 0.25) is 5.52 Å². The number of aliphatic hydroxyl groups excluding tert-OH is 1. The number of carbonyl (C=O) groups excluding carboxylic acids is 1. The fourth-order valence-corrected chi connectivity index (χ4v) is 2.17. The van der Waals surface area contributed by atoms with Crippen molar-refractivity contribution in [3.05, 3.63) is 35.5 Å². The van der Waals surface area contributed by atoms with E-state index in [2.05, 4.69) is 10.3 Å². The molecule has 2 aromatic rings. The van der Waals surface area contributed by atoms with Crippen LogP contribution in [0, 0.1) is 6.92 Å². The Morgan fingerprint density at radius 1 is 1.45 bits per heavy atom. The number of aliphatic hydroxyl groups is 1. The van der Waals surface area contributed by atoms with E-state index in [9.17, 15) is 4.79 Å². The van der Waals surface area contributed by atoms with Crippen LogP contribution in [0.3, 0.4) is 0 Å². The van der Waals surface area contributed by atoms with Gasteiger partial charge < -0.3 is 15.2 Å². The highest BCUT2D eigenvalue weighted by Crippen LogP contribution is 2.26. The van der Waals surface area contributed by atoms with Crippen LogP contribution in [0.2, 0.25) is 0 Å². The molecule has 2 rings (SSSR count). The Morgan fingerprint density at radius 3 is 2.95 bits per heavy atom. The Balaban J connectivity index is 2.59. The number of benzene rings is 1. The minimum Gasteiger partial charge on any atom is -0.462 e.